The van der Waals surface area contributed by atoms with Crippen LogP contribution < -0.4 is 20.3 Å². The number of halogens is 3. The maximum absolute atomic E-state index is 14.3. The maximum Gasteiger partial charge on any atom is 0.417 e. The summed E-state index contributed by atoms with van der Waals surface area (Å²) in [6.07, 6.45) is -3.14. The molecule has 0 spiro atoms. The summed E-state index contributed by atoms with van der Waals surface area (Å²) in [5.41, 5.74) is -3.24. The molecule has 1 unspecified atom stereocenters. The van der Waals surface area contributed by atoms with E-state index in [0.717, 1.165) is 25.1 Å². The Morgan fingerprint density at radius 3 is 2.61 bits per heavy atom. The number of amides is 3. The van der Waals surface area contributed by atoms with Crippen molar-refractivity contribution in [1.29, 1.82) is 0 Å². The lowest BCUT2D eigenvalue weighted by Gasteiger charge is -2.41. The molecule has 1 aromatic carbocycles. The van der Waals surface area contributed by atoms with Crippen LogP contribution in [-0.2, 0) is 20.5 Å². The summed E-state index contributed by atoms with van der Waals surface area (Å²) < 4.78 is 54.0. The van der Waals surface area contributed by atoms with Crippen molar-refractivity contribution in [2.24, 2.45) is 0 Å². The number of fused-ring (bicyclic) bond motifs is 1. The molecule has 1 fully saturated rings. The first kappa shape index (κ1) is 29.7. The van der Waals surface area contributed by atoms with Crippen LogP contribution in [0.3, 0.4) is 0 Å². The number of piperidine rings is 1. The van der Waals surface area contributed by atoms with Gasteiger partial charge in [-0.3, -0.25) is 14.4 Å². The van der Waals surface area contributed by atoms with Crippen LogP contribution in [0.25, 0.3) is 0 Å². The third kappa shape index (κ3) is 6.23. The van der Waals surface area contributed by atoms with Crippen LogP contribution in [-0.4, -0.2) is 80.2 Å². The van der Waals surface area contributed by atoms with E-state index in [1.54, 1.807) is 20.8 Å². The van der Waals surface area contributed by atoms with Crippen LogP contribution >= 0.6 is 0 Å². The molecule has 12 heteroatoms. The number of hydrogen-bond donors (Lipinski definition) is 2. The second-order valence-corrected chi connectivity index (χ2v) is 10.1. The molecule has 0 aromatic heterocycles. The van der Waals surface area contributed by atoms with Crippen LogP contribution in [0.2, 0.25) is 0 Å². The van der Waals surface area contributed by atoms with E-state index in [0.29, 0.717) is 13.0 Å². The molecule has 9 nitrogen and oxygen atoms in total. The van der Waals surface area contributed by atoms with E-state index < -0.39 is 34.7 Å². The number of alkyl halides is 3. The Morgan fingerprint density at radius 2 is 2.05 bits per heavy atom. The number of benzene rings is 1. The van der Waals surface area contributed by atoms with Crippen LogP contribution in [0.15, 0.2) is 12.1 Å². The van der Waals surface area contributed by atoms with Gasteiger partial charge < -0.3 is 29.9 Å². The highest BCUT2D eigenvalue weighted by molar-refractivity contribution is 6.05. The molecule has 3 amide bonds. The number of nitrogens with zero attached hydrogens (tertiary/aromatic N) is 2. The number of methoxy groups -OCH3 is 1. The van der Waals surface area contributed by atoms with E-state index in [-0.39, 0.29) is 55.5 Å². The van der Waals surface area contributed by atoms with Crippen LogP contribution in [0.5, 0.6) is 5.75 Å². The largest absolute Gasteiger partial charge is 0.473 e. The third-order valence-electron chi connectivity index (χ3n) is 6.81. The van der Waals surface area contributed by atoms with E-state index in [4.69, 9.17) is 9.47 Å². The maximum atomic E-state index is 14.3. The highest BCUT2D eigenvalue weighted by Gasteiger charge is 2.47. The molecule has 38 heavy (non-hydrogen) atoms. The highest BCUT2D eigenvalue weighted by Crippen LogP contribution is 2.44. The Kier molecular flexibility index (Phi) is 9.30. The van der Waals surface area contributed by atoms with Crippen molar-refractivity contribution in [3.8, 4) is 5.75 Å². The molecule has 0 bridgehead atoms. The molecule has 2 aliphatic rings. The van der Waals surface area contributed by atoms with Crippen LogP contribution in [0.4, 0.5) is 18.9 Å². The standard InChI is InChI=1S/C26H37F3N4O5/c1-6-22(34)31-10-11-32-20-12-18(23(35)33(16(2)3)17-8-7-9-30-14-17)19(26(27,28)29)13-21(20)38-25(4,15-37-5)24(32)36/h12-13,16-17,30H,6-11,14-15H2,1-5H3,(H,31,34)/t17-,25?/m1/s1. The summed E-state index contributed by atoms with van der Waals surface area (Å²) in [7, 11) is 1.35. The summed E-state index contributed by atoms with van der Waals surface area (Å²) in [6, 6.07) is 1.26. The van der Waals surface area contributed by atoms with E-state index in [9.17, 15) is 27.6 Å². The van der Waals surface area contributed by atoms with Crippen molar-refractivity contribution in [3.63, 3.8) is 0 Å². The summed E-state index contributed by atoms with van der Waals surface area (Å²) in [6.45, 7) is 7.75. The Bertz CT molecular complexity index is 1040. The monoisotopic (exact) mass is 542 g/mol. The number of rotatable bonds is 9. The predicted octanol–water partition coefficient (Wildman–Crippen LogP) is 2.96. The molecule has 2 N–H and O–H groups in total. The highest BCUT2D eigenvalue weighted by atomic mass is 19.4. The smallest absolute Gasteiger partial charge is 0.417 e. The Balaban J connectivity index is 2.13. The molecular formula is C26H37F3N4O5. The normalized spacial score (nSPS) is 21.7. The van der Waals surface area contributed by atoms with Gasteiger partial charge in [0, 0.05) is 45.2 Å². The van der Waals surface area contributed by atoms with Gasteiger partial charge in [-0.2, -0.15) is 13.2 Å². The summed E-state index contributed by atoms with van der Waals surface area (Å²) >= 11 is 0. The number of carbonyl (C=O) groups is 3. The van der Waals surface area contributed by atoms with Crippen molar-refractivity contribution < 1.29 is 37.0 Å². The number of nitrogens with one attached hydrogen (secondary N) is 2. The molecule has 2 aliphatic heterocycles. The van der Waals surface area contributed by atoms with Crippen LogP contribution in [0.1, 0.15) is 62.9 Å². The van der Waals surface area contributed by atoms with E-state index in [1.807, 2.05) is 0 Å². The first-order valence-electron chi connectivity index (χ1n) is 12.9. The Labute approximate surface area is 221 Å². The first-order valence-corrected chi connectivity index (χ1v) is 12.9. The molecule has 2 heterocycles. The molecule has 1 saturated heterocycles. The molecule has 0 aliphatic carbocycles. The SMILES string of the molecule is CCC(=O)NCCN1C(=O)C(C)(COC)Oc2cc(C(F)(F)F)c(C(=O)N(C(C)C)[C@@H]3CCCNC3)cc21. The van der Waals surface area contributed by atoms with Crippen molar-refractivity contribution in [1.82, 2.24) is 15.5 Å². The van der Waals surface area contributed by atoms with Gasteiger partial charge >= 0.3 is 6.18 Å². The third-order valence-corrected chi connectivity index (χ3v) is 6.81. The van der Waals surface area contributed by atoms with Crippen molar-refractivity contribution in [2.75, 3.05) is 44.8 Å². The van der Waals surface area contributed by atoms with Gasteiger partial charge in [0.25, 0.3) is 11.8 Å². The molecule has 1 aromatic rings. The van der Waals surface area contributed by atoms with Gasteiger partial charge in [-0.05, 0) is 52.3 Å². The number of hydrogen-bond acceptors (Lipinski definition) is 6. The Hall–Kier alpha value is -2.86. The van der Waals surface area contributed by atoms with Gasteiger partial charge in [0.2, 0.25) is 11.5 Å². The molecular weight excluding hydrogens is 505 g/mol. The van der Waals surface area contributed by atoms with Gasteiger partial charge in [-0.25, -0.2) is 0 Å². The molecule has 3 rings (SSSR count). The number of carbonyl (C=O) groups excluding carboxylic acids is 3. The lowest BCUT2D eigenvalue weighted by Crippen LogP contribution is -2.58. The number of ether oxygens (including phenoxy) is 2. The topological polar surface area (TPSA) is 100 Å². The second-order valence-electron chi connectivity index (χ2n) is 10.1. The van der Waals surface area contributed by atoms with Crippen molar-refractivity contribution in [3.05, 3.63) is 23.3 Å². The van der Waals surface area contributed by atoms with Crippen LogP contribution in [0, 0.1) is 0 Å². The van der Waals surface area contributed by atoms with Gasteiger partial charge in [-0.15, -0.1) is 0 Å². The molecule has 212 valence electrons. The van der Waals surface area contributed by atoms with E-state index in [2.05, 4.69) is 10.6 Å². The lowest BCUT2D eigenvalue weighted by molar-refractivity contribution is -0.140. The average Bonchev–Trinajstić information content (AvgIpc) is 2.85. The minimum atomic E-state index is -4.85. The van der Waals surface area contributed by atoms with Gasteiger partial charge in [0.15, 0.2) is 0 Å². The molecule has 0 radical (unpaired) electrons. The number of anilines is 1. The zero-order chi connectivity index (χ0) is 28.3. The van der Waals surface area contributed by atoms with Gasteiger partial charge in [0.05, 0.1) is 23.4 Å². The van der Waals surface area contributed by atoms with Crippen molar-refractivity contribution in [2.45, 2.75) is 70.8 Å². The fourth-order valence-corrected chi connectivity index (χ4v) is 5.01. The molecule has 2 atom stereocenters. The van der Waals surface area contributed by atoms with Gasteiger partial charge in [0.1, 0.15) is 5.75 Å². The Morgan fingerprint density at radius 1 is 1.34 bits per heavy atom. The van der Waals surface area contributed by atoms with E-state index >= 15 is 0 Å². The first-order chi connectivity index (χ1) is 17.8. The summed E-state index contributed by atoms with van der Waals surface area (Å²) in [4.78, 5) is 41.8. The lowest BCUT2D eigenvalue weighted by atomic mass is 9.96. The predicted molar refractivity (Wildman–Crippen MR) is 135 cm³/mol. The quantitative estimate of drug-likeness (QED) is 0.498. The second kappa shape index (κ2) is 11.9. The molecule has 0 saturated carbocycles. The average molecular weight is 543 g/mol. The summed E-state index contributed by atoms with van der Waals surface area (Å²) in [5, 5.41) is 5.88. The summed E-state index contributed by atoms with van der Waals surface area (Å²) in [5.74, 6) is -1.73. The van der Waals surface area contributed by atoms with Crippen molar-refractivity contribution >= 4 is 23.4 Å². The van der Waals surface area contributed by atoms with E-state index in [1.165, 1.54) is 23.8 Å². The fraction of sp³-hybridized carbons (Fsp3) is 0.654. The minimum Gasteiger partial charge on any atom is -0.473 e. The zero-order valence-electron chi connectivity index (χ0n) is 22.5. The zero-order valence-corrected chi connectivity index (χ0v) is 22.5. The minimum absolute atomic E-state index is 0.0281. The van der Waals surface area contributed by atoms with Gasteiger partial charge in [-0.1, -0.05) is 6.92 Å². The fourth-order valence-electron chi connectivity index (χ4n) is 5.01.